The first kappa shape index (κ1) is 13.4. The fourth-order valence-electron chi connectivity index (χ4n) is 2.14. The zero-order valence-corrected chi connectivity index (χ0v) is 12.1. The van der Waals surface area contributed by atoms with Crippen molar-refractivity contribution in [2.45, 2.75) is 26.4 Å². The van der Waals surface area contributed by atoms with E-state index in [0.29, 0.717) is 5.65 Å². The van der Waals surface area contributed by atoms with Gasteiger partial charge in [0, 0.05) is 35.1 Å². The van der Waals surface area contributed by atoms with Crippen molar-refractivity contribution in [3.8, 4) is 11.1 Å². The molecule has 6 nitrogen and oxygen atoms in total. The summed E-state index contributed by atoms with van der Waals surface area (Å²) in [4.78, 5) is 16.6. The van der Waals surface area contributed by atoms with Crippen LogP contribution >= 0.6 is 0 Å². The molecule has 0 radical (unpaired) electrons. The fraction of sp³-hybridized carbons (Fsp3) is 0.267. The molecule has 0 bridgehead atoms. The van der Waals surface area contributed by atoms with Gasteiger partial charge in [0.05, 0.1) is 6.20 Å². The number of H-pyrrole nitrogens is 1. The van der Waals surface area contributed by atoms with Gasteiger partial charge in [0.1, 0.15) is 11.2 Å². The third-order valence-electron chi connectivity index (χ3n) is 2.96. The summed E-state index contributed by atoms with van der Waals surface area (Å²) in [6.45, 7) is 5.50. The fourth-order valence-corrected chi connectivity index (χ4v) is 2.14. The standard InChI is InChI=1S/C15H16N4O2/c1-15(2,3)21-14(20)19-9-12(10-7-17-18-8-10)11-5-4-6-16-13(11)19/h4-9H,1-3H3,(H,17,18). The molecule has 108 valence electrons. The van der Waals surface area contributed by atoms with E-state index < -0.39 is 11.7 Å². The normalized spacial score (nSPS) is 11.8. The summed E-state index contributed by atoms with van der Waals surface area (Å²) in [6.07, 6.45) is 6.43. The second-order valence-electron chi connectivity index (χ2n) is 5.75. The summed E-state index contributed by atoms with van der Waals surface area (Å²) in [7, 11) is 0. The molecule has 3 rings (SSSR count). The Morgan fingerprint density at radius 3 is 2.86 bits per heavy atom. The Morgan fingerprint density at radius 1 is 1.38 bits per heavy atom. The number of rotatable bonds is 1. The topological polar surface area (TPSA) is 72.8 Å². The van der Waals surface area contributed by atoms with Crippen molar-refractivity contribution in [3.05, 3.63) is 36.9 Å². The zero-order chi connectivity index (χ0) is 15.0. The summed E-state index contributed by atoms with van der Waals surface area (Å²) >= 11 is 0. The number of aromatic amines is 1. The van der Waals surface area contributed by atoms with Crippen molar-refractivity contribution >= 4 is 17.1 Å². The molecule has 0 unspecified atom stereocenters. The Labute approximate surface area is 121 Å². The van der Waals surface area contributed by atoms with Crippen molar-refractivity contribution < 1.29 is 9.53 Å². The van der Waals surface area contributed by atoms with Gasteiger partial charge in [-0.3, -0.25) is 5.10 Å². The number of aromatic nitrogens is 4. The van der Waals surface area contributed by atoms with Gasteiger partial charge in [-0.1, -0.05) is 0 Å². The Kier molecular flexibility index (Phi) is 3.01. The highest BCUT2D eigenvalue weighted by molar-refractivity contribution is 5.98. The van der Waals surface area contributed by atoms with E-state index in [9.17, 15) is 4.79 Å². The lowest BCUT2D eigenvalue weighted by molar-refractivity contribution is 0.0544. The maximum absolute atomic E-state index is 12.3. The number of pyridine rings is 1. The van der Waals surface area contributed by atoms with Gasteiger partial charge >= 0.3 is 6.09 Å². The first-order valence-corrected chi connectivity index (χ1v) is 6.64. The SMILES string of the molecule is CC(C)(C)OC(=O)n1cc(-c2cn[nH]c2)c2cccnc21. The van der Waals surface area contributed by atoms with Crippen molar-refractivity contribution in [2.75, 3.05) is 0 Å². The van der Waals surface area contributed by atoms with Crippen molar-refractivity contribution in [3.63, 3.8) is 0 Å². The first-order chi connectivity index (χ1) is 9.96. The molecule has 0 aliphatic carbocycles. The largest absolute Gasteiger partial charge is 0.443 e. The van der Waals surface area contributed by atoms with E-state index in [2.05, 4.69) is 15.2 Å². The number of ether oxygens (including phenoxy) is 1. The zero-order valence-electron chi connectivity index (χ0n) is 12.1. The van der Waals surface area contributed by atoms with Crippen LogP contribution in [0.15, 0.2) is 36.9 Å². The van der Waals surface area contributed by atoms with Crippen LogP contribution in [0.5, 0.6) is 0 Å². The third-order valence-corrected chi connectivity index (χ3v) is 2.96. The molecule has 6 heteroatoms. The van der Waals surface area contributed by atoms with Crippen LogP contribution in [-0.2, 0) is 4.74 Å². The van der Waals surface area contributed by atoms with E-state index >= 15 is 0 Å². The monoisotopic (exact) mass is 284 g/mol. The van der Waals surface area contributed by atoms with Crippen molar-refractivity contribution in [1.29, 1.82) is 0 Å². The number of nitrogens with zero attached hydrogens (tertiary/aromatic N) is 3. The predicted octanol–water partition coefficient (Wildman–Crippen LogP) is 3.21. The van der Waals surface area contributed by atoms with Crippen molar-refractivity contribution in [1.82, 2.24) is 19.7 Å². The van der Waals surface area contributed by atoms with E-state index in [-0.39, 0.29) is 0 Å². The Morgan fingerprint density at radius 2 is 2.19 bits per heavy atom. The molecule has 0 spiro atoms. The van der Waals surface area contributed by atoms with E-state index in [1.165, 1.54) is 4.57 Å². The van der Waals surface area contributed by atoms with Gasteiger partial charge in [-0.05, 0) is 32.9 Å². The number of nitrogens with one attached hydrogen (secondary N) is 1. The van der Waals surface area contributed by atoms with Crippen LogP contribution in [0.4, 0.5) is 4.79 Å². The molecule has 0 saturated carbocycles. The summed E-state index contributed by atoms with van der Waals surface area (Å²) in [5, 5.41) is 7.60. The third kappa shape index (κ3) is 2.52. The number of carbonyl (C=O) groups excluding carboxylic acids is 1. The number of hydrogen-bond donors (Lipinski definition) is 1. The molecule has 3 aromatic heterocycles. The molecule has 0 aromatic carbocycles. The van der Waals surface area contributed by atoms with Crippen LogP contribution in [0.25, 0.3) is 22.2 Å². The minimum Gasteiger partial charge on any atom is -0.443 e. The Hall–Kier alpha value is -2.63. The van der Waals surface area contributed by atoms with Gasteiger partial charge in [-0.25, -0.2) is 14.3 Å². The molecule has 0 atom stereocenters. The molecule has 0 aliphatic rings. The van der Waals surface area contributed by atoms with Crippen LogP contribution < -0.4 is 0 Å². The Bertz CT molecular complexity index is 782. The van der Waals surface area contributed by atoms with E-state index in [1.807, 2.05) is 32.9 Å². The van der Waals surface area contributed by atoms with Crippen LogP contribution in [0.2, 0.25) is 0 Å². The van der Waals surface area contributed by atoms with Gasteiger partial charge in [-0.2, -0.15) is 5.10 Å². The van der Waals surface area contributed by atoms with E-state index in [4.69, 9.17) is 4.74 Å². The van der Waals surface area contributed by atoms with Gasteiger partial charge < -0.3 is 4.74 Å². The summed E-state index contributed by atoms with van der Waals surface area (Å²) in [5.74, 6) is 0. The smallest absolute Gasteiger partial charge is 0.420 e. The predicted molar refractivity (Wildman–Crippen MR) is 78.9 cm³/mol. The minimum absolute atomic E-state index is 0.444. The molecule has 3 aromatic rings. The second-order valence-corrected chi connectivity index (χ2v) is 5.75. The average molecular weight is 284 g/mol. The maximum atomic E-state index is 12.3. The molecule has 1 N–H and O–H groups in total. The minimum atomic E-state index is -0.557. The molecule has 0 aliphatic heterocycles. The molecular formula is C15H16N4O2. The lowest BCUT2D eigenvalue weighted by Gasteiger charge is -2.19. The van der Waals surface area contributed by atoms with Crippen LogP contribution in [-0.4, -0.2) is 31.4 Å². The first-order valence-electron chi connectivity index (χ1n) is 6.64. The van der Waals surface area contributed by atoms with Crippen LogP contribution in [0.1, 0.15) is 20.8 Å². The molecule has 21 heavy (non-hydrogen) atoms. The molecule has 0 fully saturated rings. The van der Waals surface area contributed by atoms with Crippen LogP contribution in [0.3, 0.4) is 0 Å². The number of fused-ring (bicyclic) bond motifs is 1. The summed E-state index contributed by atoms with van der Waals surface area (Å²) in [5.41, 5.74) is 1.80. The number of hydrogen-bond acceptors (Lipinski definition) is 4. The highest BCUT2D eigenvalue weighted by atomic mass is 16.6. The number of carbonyl (C=O) groups is 1. The summed E-state index contributed by atoms with van der Waals surface area (Å²) in [6, 6.07) is 3.76. The van der Waals surface area contributed by atoms with Gasteiger partial charge in [0.25, 0.3) is 0 Å². The maximum Gasteiger partial charge on any atom is 0.420 e. The summed E-state index contributed by atoms with van der Waals surface area (Å²) < 4.78 is 6.86. The van der Waals surface area contributed by atoms with Crippen LogP contribution in [0, 0.1) is 0 Å². The van der Waals surface area contributed by atoms with E-state index in [0.717, 1.165) is 16.5 Å². The van der Waals surface area contributed by atoms with Gasteiger partial charge in [-0.15, -0.1) is 0 Å². The second kappa shape index (κ2) is 4.73. The highest BCUT2D eigenvalue weighted by Gasteiger charge is 2.21. The molecule has 0 amide bonds. The van der Waals surface area contributed by atoms with E-state index in [1.54, 1.807) is 24.8 Å². The average Bonchev–Trinajstić information content (AvgIpc) is 3.03. The molecular weight excluding hydrogens is 268 g/mol. The van der Waals surface area contributed by atoms with Crippen molar-refractivity contribution in [2.24, 2.45) is 0 Å². The van der Waals surface area contributed by atoms with Gasteiger partial charge in [0.15, 0.2) is 0 Å². The quantitative estimate of drug-likeness (QED) is 0.744. The highest BCUT2D eigenvalue weighted by Crippen LogP contribution is 2.29. The lowest BCUT2D eigenvalue weighted by atomic mass is 10.1. The van der Waals surface area contributed by atoms with Gasteiger partial charge in [0.2, 0.25) is 0 Å². The molecule has 0 saturated heterocycles. The lowest BCUT2D eigenvalue weighted by Crippen LogP contribution is -2.26. The molecule has 3 heterocycles. The Balaban J connectivity index is 2.14.